The van der Waals surface area contributed by atoms with Gasteiger partial charge in [0.1, 0.15) is 5.69 Å². The van der Waals surface area contributed by atoms with Gasteiger partial charge < -0.3 is 16.0 Å². The lowest BCUT2D eigenvalue weighted by Crippen LogP contribution is -2.41. The van der Waals surface area contributed by atoms with E-state index in [9.17, 15) is 18.4 Å². The van der Waals surface area contributed by atoms with E-state index >= 15 is 0 Å². The third-order valence-electron chi connectivity index (χ3n) is 4.97. The summed E-state index contributed by atoms with van der Waals surface area (Å²) in [6.45, 7) is 0.656. The molecule has 0 bridgehead atoms. The third kappa shape index (κ3) is 3.81. The van der Waals surface area contributed by atoms with Gasteiger partial charge in [0.05, 0.1) is 36.0 Å². The Bertz CT molecular complexity index is 1230. The Morgan fingerprint density at radius 3 is 2.48 bits per heavy atom. The zero-order chi connectivity index (χ0) is 22.1. The normalized spacial score (nSPS) is 12.7. The Morgan fingerprint density at radius 1 is 1.10 bits per heavy atom. The van der Waals surface area contributed by atoms with Crippen LogP contribution in [0.5, 0.6) is 0 Å². The van der Waals surface area contributed by atoms with Gasteiger partial charge in [0, 0.05) is 17.8 Å². The summed E-state index contributed by atoms with van der Waals surface area (Å²) in [6, 6.07) is 11.2. The van der Waals surface area contributed by atoms with E-state index in [2.05, 4.69) is 10.4 Å². The fourth-order valence-corrected chi connectivity index (χ4v) is 3.43. The Kier molecular flexibility index (Phi) is 5.09. The molecule has 0 fully saturated rings. The second-order valence-electron chi connectivity index (χ2n) is 6.93. The number of amides is 3. The molecule has 0 unspecified atom stereocenters. The average molecular weight is 422 g/mol. The van der Waals surface area contributed by atoms with Crippen molar-refractivity contribution < 1.29 is 18.4 Å². The lowest BCUT2D eigenvalue weighted by atomic mass is 10.0. The minimum Gasteiger partial charge on any atom is -0.365 e. The highest BCUT2D eigenvalue weighted by Gasteiger charge is 2.30. The van der Waals surface area contributed by atoms with Gasteiger partial charge in [-0.3, -0.25) is 9.48 Å². The van der Waals surface area contributed by atoms with E-state index in [-0.39, 0.29) is 23.4 Å². The molecule has 0 aliphatic carbocycles. The Hall–Kier alpha value is -4.26. The van der Waals surface area contributed by atoms with Crippen LogP contribution >= 0.6 is 0 Å². The molecule has 31 heavy (non-hydrogen) atoms. The van der Waals surface area contributed by atoms with Gasteiger partial charge in [-0.1, -0.05) is 0 Å². The van der Waals surface area contributed by atoms with E-state index in [0.717, 1.165) is 12.1 Å². The molecule has 8 nitrogen and oxygen atoms in total. The van der Waals surface area contributed by atoms with Crippen molar-refractivity contribution in [2.45, 2.75) is 13.1 Å². The number of nitrogens with two attached hydrogens (primary N) is 1. The number of nitriles is 1. The first kappa shape index (κ1) is 20.0. The molecule has 156 valence electrons. The third-order valence-corrected chi connectivity index (χ3v) is 4.97. The number of hydrogen-bond acceptors (Lipinski definition) is 4. The van der Waals surface area contributed by atoms with Gasteiger partial charge in [-0.05, 0) is 42.5 Å². The molecular formula is C21H16F2N6O2. The van der Waals surface area contributed by atoms with Gasteiger partial charge in [0.25, 0.3) is 5.91 Å². The average Bonchev–Trinajstić information content (AvgIpc) is 3.15. The fraction of sp³-hybridized carbons (Fsp3) is 0.143. The maximum absolute atomic E-state index is 13.7. The van der Waals surface area contributed by atoms with E-state index in [4.69, 9.17) is 11.0 Å². The highest BCUT2D eigenvalue weighted by molar-refractivity contribution is 6.00. The molecule has 0 spiro atoms. The number of nitrogens with zero attached hydrogens (tertiary/aromatic N) is 4. The zero-order valence-electron chi connectivity index (χ0n) is 16.1. The van der Waals surface area contributed by atoms with Crippen molar-refractivity contribution in [1.29, 1.82) is 5.26 Å². The van der Waals surface area contributed by atoms with Gasteiger partial charge in [-0.25, -0.2) is 13.6 Å². The summed E-state index contributed by atoms with van der Waals surface area (Å²) in [5.74, 6) is -2.86. The summed E-state index contributed by atoms with van der Waals surface area (Å²) in [6.07, 6.45) is 0. The summed E-state index contributed by atoms with van der Waals surface area (Å²) >= 11 is 0. The van der Waals surface area contributed by atoms with E-state index in [0.29, 0.717) is 30.0 Å². The molecule has 1 aliphatic heterocycles. The molecule has 3 N–H and O–H groups in total. The van der Waals surface area contributed by atoms with Gasteiger partial charge in [0.15, 0.2) is 11.6 Å². The zero-order valence-corrected chi connectivity index (χ0v) is 16.1. The van der Waals surface area contributed by atoms with Crippen LogP contribution in [0.4, 0.5) is 19.3 Å². The van der Waals surface area contributed by atoms with Gasteiger partial charge in [0.2, 0.25) is 0 Å². The van der Waals surface area contributed by atoms with Crippen LogP contribution in [0.25, 0.3) is 11.3 Å². The molecule has 3 aromatic rings. The molecule has 0 atom stereocenters. The molecule has 10 heteroatoms. The molecule has 2 heterocycles. The number of rotatable bonds is 3. The summed E-state index contributed by atoms with van der Waals surface area (Å²) in [7, 11) is 0. The van der Waals surface area contributed by atoms with Crippen molar-refractivity contribution in [2.75, 3.05) is 11.9 Å². The van der Waals surface area contributed by atoms with Crippen LogP contribution in [0.2, 0.25) is 0 Å². The number of anilines is 1. The van der Waals surface area contributed by atoms with Crippen LogP contribution in [0.3, 0.4) is 0 Å². The smallest absolute Gasteiger partial charge is 0.322 e. The van der Waals surface area contributed by atoms with Crippen LogP contribution in [0.15, 0.2) is 42.5 Å². The van der Waals surface area contributed by atoms with E-state index in [1.165, 1.54) is 11.0 Å². The Morgan fingerprint density at radius 2 is 1.84 bits per heavy atom. The van der Waals surface area contributed by atoms with Gasteiger partial charge >= 0.3 is 6.03 Å². The SMILES string of the molecule is N#Cc1ccc(NC(=O)N2CCn3nc(-c4ccc(F)c(F)c4)c(C(N)=O)c3C2)cc1. The van der Waals surface area contributed by atoms with Gasteiger partial charge in [-0.15, -0.1) is 0 Å². The molecule has 1 aliphatic rings. The summed E-state index contributed by atoms with van der Waals surface area (Å²) in [5.41, 5.74) is 7.35. The number of halogens is 2. The molecule has 1 aromatic heterocycles. The Balaban J connectivity index is 1.61. The number of urea groups is 1. The predicted octanol–water partition coefficient (Wildman–Crippen LogP) is 2.85. The minimum atomic E-state index is -1.07. The quantitative estimate of drug-likeness (QED) is 0.675. The number of benzene rings is 2. The summed E-state index contributed by atoms with van der Waals surface area (Å²) in [4.78, 5) is 26.3. The molecule has 2 aromatic carbocycles. The van der Waals surface area contributed by atoms with Crippen molar-refractivity contribution in [3.63, 3.8) is 0 Å². The fourth-order valence-electron chi connectivity index (χ4n) is 3.43. The van der Waals surface area contributed by atoms with E-state index in [1.807, 2.05) is 6.07 Å². The number of carbonyl (C=O) groups excluding carboxylic acids is 2. The van der Waals surface area contributed by atoms with Crippen LogP contribution in [0.1, 0.15) is 21.6 Å². The van der Waals surface area contributed by atoms with Crippen LogP contribution < -0.4 is 11.1 Å². The lowest BCUT2D eigenvalue weighted by molar-refractivity contribution is 0.0997. The highest BCUT2D eigenvalue weighted by Crippen LogP contribution is 2.29. The maximum atomic E-state index is 13.7. The van der Waals surface area contributed by atoms with E-state index in [1.54, 1.807) is 28.9 Å². The van der Waals surface area contributed by atoms with Crippen molar-refractivity contribution >= 4 is 17.6 Å². The largest absolute Gasteiger partial charge is 0.365 e. The molecule has 4 rings (SSSR count). The van der Waals surface area contributed by atoms with Crippen molar-refractivity contribution in [1.82, 2.24) is 14.7 Å². The molecule has 0 saturated heterocycles. The predicted molar refractivity (Wildman–Crippen MR) is 107 cm³/mol. The number of hydrogen-bond donors (Lipinski definition) is 2. The van der Waals surface area contributed by atoms with Crippen molar-refractivity contribution in [3.05, 3.63) is 70.9 Å². The number of carbonyl (C=O) groups is 2. The summed E-state index contributed by atoms with van der Waals surface area (Å²) < 4.78 is 28.5. The number of nitrogens with one attached hydrogen (secondary N) is 1. The first-order valence-corrected chi connectivity index (χ1v) is 9.28. The molecule has 3 amide bonds. The molecule has 0 saturated carbocycles. The molecule has 0 radical (unpaired) electrons. The van der Waals surface area contributed by atoms with Crippen LogP contribution in [-0.2, 0) is 13.1 Å². The standard InChI is InChI=1S/C21H16F2N6O2/c22-15-6-3-13(9-16(15)23)19-18(20(25)30)17-11-28(7-8-29(17)27-19)21(31)26-14-4-1-12(10-24)2-5-14/h1-6,9H,7-8,11H2,(H2,25,30)(H,26,31). The van der Waals surface area contributed by atoms with Crippen molar-refractivity contribution in [2.24, 2.45) is 5.73 Å². The molecular weight excluding hydrogens is 406 g/mol. The highest BCUT2D eigenvalue weighted by atomic mass is 19.2. The van der Waals surface area contributed by atoms with Crippen molar-refractivity contribution in [3.8, 4) is 17.3 Å². The maximum Gasteiger partial charge on any atom is 0.322 e. The van der Waals surface area contributed by atoms with Crippen LogP contribution in [0, 0.1) is 23.0 Å². The topological polar surface area (TPSA) is 117 Å². The first-order valence-electron chi connectivity index (χ1n) is 9.28. The van der Waals surface area contributed by atoms with E-state index < -0.39 is 23.6 Å². The summed E-state index contributed by atoms with van der Waals surface area (Å²) in [5, 5.41) is 15.9. The second-order valence-corrected chi connectivity index (χ2v) is 6.93. The van der Waals surface area contributed by atoms with Gasteiger partial charge in [-0.2, -0.15) is 10.4 Å². The lowest BCUT2D eigenvalue weighted by Gasteiger charge is -2.28. The monoisotopic (exact) mass is 422 g/mol. The number of fused-ring (bicyclic) bond motifs is 1. The first-order chi connectivity index (χ1) is 14.9. The second kappa shape index (κ2) is 7.87. The minimum absolute atomic E-state index is 0.0526. The number of primary amides is 1. The number of aromatic nitrogens is 2. The van der Waals surface area contributed by atoms with Crippen LogP contribution in [-0.4, -0.2) is 33.2 Å². The Labute approximate surface area is 175 Å².